The number of ether oxygens (including phenoxy) is 1. The molecule has 3 atom stereocenters. The van der Waals surface area contributed by atoms with Crippen molar-refractivity contribution in [1.29, 1.82) is 0 Å². The van der Waals surface area contributed by atoms with Gasteiger partial charge in [0.2, 0.25) is 0 Å². The molecule has 0 aromatic rings. The highest BCUT2D eigenvalue weighted by molar-refractivity contribution is 4.74. The van der Waals surface area contributed by atoms with Gasteiger partial charge in [0.1, 0.15) is 0 Å². The van der Waals surface area contributed by atoms with Gasteiger partial charge in [-0.15, -0.1) is 0 Å². The lowest BCUT2D eigenvalue weighted by atomic mass is 10.2. The van der Waals surface area contributed by atoms with E-state index in [2.05, 4.69) is 0 Å². The molecule has 1 unspecified atom stereocenters. The second-order valence-corrected chi connectivity index (χ2v) is 1.88. The molecule has 1 fully saturated rings. The first kappa shape index (κ1) is 4.73. The summed E-state index contributed by atoms with van der Waals surface area (Å²) in [6, 6.07) is 0. The zero-order valence-corrected chi connectivity index (χ0v) is 4.58. The third-order valence-corrected chi connectivity index (χ3v) is 1.27. The van der Waals surface area contributed by atoms with Crippen LogP contribution in [0.5, 0.6) is 0 Å². The molecule has 48 valence electrons. The third kappa shape index (κ3) is 0.992. The van der Waals surface area contributed by atoms with Gasteiger partial charge in [0, 0.05) is 13.1 Å². The van der Waals surface area contributed by atoms with Crippen molar-refractivity contribution >= 4 is 0 Å². The van der Waals surface area contributed by atoms with Crippen LogP contribution in [-0.4, -0.2) is 30.4 Å². The van der Waals surface area contributed by atoms with Crippen LogP contribution in [0.25, 0.3) is 0 Å². The molecule has 1 aliphatic rings. The number of rotatable bonds is 1. The fourth-order valence-electron chi connectivity index (χ4n) is 0.733. The Bertz CT molecular complexity index is 101. The number of hydrogen-bond donors (Lipinski definition) is 2. The molecule has 1 rings (SSSR count). The van der Waals surface area contributed by atoms with Crippen LogP contribution in [0.3, 0.4) is 0 Å². The second kappa shape index (κ2) is 2.44. The Morgan fingerprint density at radius 1 is 2.00 bits per heavy atom. The van der Waals surface area contributed by atoms with Gasteiger partial charge in [-0.3, -0.25) is 0 Å². The zero-order chi connectivity index (χ0) is 6.85. The van der Waals surface area contributed by atoms with E-state index in [0.29, 0.717) is 13.0 Å². The first-order valence-corrected chi connectivity index (χ1v) is 2.70. The summed E-state index contributed by atoms with van der Waals surface area (Å²) < 4.78 is 12.0. The Hall–Kier alpha value is -0.120. The van der Waals surface area contributed by atoms with E-state index in [0.717, 1.165) is 0 Å². The van der Waals surface area contributed by atoms with E-state index in [-0.39, 0.29) is 6.10 Å². The van der Waals surface area contributed by atoms with Crippen molar-refractivity contribution in [3.63, 3.8) is 0 Å². The molecule has 3 heteroatoms. The predicted octanol–water partition coefficient (Wildman–Crippen LogP) is -0.905. The Kier molecular flexibility index (Phi) is 1.44. The summed E-state index contributed by atoms with van der Waals surface area (Å²) >= 11 is 0. The minimum absolute atomic E-state index is 0.302. The highest BCUT2D eigenvalue weighted by atomic mass is 16.5. The van der Waals surface area contributed by atoms with E-state index in [4.69, 9.17) is 16.9 Å². The summed E-state index contributed by atoms with van der Waals surface area (Å²) in [5, 5.41) is 9.03. The van der Waals surface area contributed by atoms with Crippen LogP contribution in [0.1, 0.15) is 7.79 Å². The van der Waals surface area contributed by atoms with E-state index in [1.807, 2.05) is 0 Å². The fraction of sp³-hybridized carbons (Fsp3) is 1.00. The Morgan fingerprint density at radius 2 is 2.75 bits per heavy atom. The monoisotopic (exact) mass is 119 g/mol. The smallest absolute Gasteiger partial charge is 0.0956 e. The molecule has 0 aromatic heterocycles. The van der Waals surface area contributed by atoms with E-state index < -0.39 is 12.7 Å². The van der Waals surface area contributed by atoms with Crippen LogP contribution >= 0.6 is 0 Å². The maximum absolute atomic E-state index is 9.03. The van der Waals surface area contributed by atoms with Gasteiger partial charge >= 0.3 is 0 Å². The van der Waals surface area contributed by atoms with Crippen molar-refractivity contribution in [2.24, 2.45) is 5.73 Å². The summed E-state index contributed by atoms with van der Waals surface area (Å²) in [6.45, 7) is -0.273. The lowest BCUT2D eigenvalue weighted by Gasteiger charge is -2.08. The SMILES string of the molecule is [3H]C1C[C@H](O)[C@@H](CN)O1. The lowest BCUT2D eigenvalue weighted by Crippen LogP contribution is -2.29. The summed E-state index contributed by atoms with van der Waals surface area (Å²) in [5.41, 5.74) is 5.22. The number of hydrogen-bond acceptors (Lipinski definition) is 3. The molecule has 3 nitrogen and oxygen atoms in total. The fourth-order valence-corrected chi connectivity index (χ4v) is 0.733. The lowest BCUT2D eigenvalue weighted by molar-refractivity contribution is 0.0487. The second-order valence-electron chi connectivity index (χ2n) is 1.88. The zero-order valence-electron chi connectivity index (χ0n) is 5.58. The number of nitrogens with two attached hydrogens (primary N) is 1. The molecule has 0 aliphatic carbocycles. The van der Waals surface area contributed by atoms with Crippen LogP contribution in [0.15, 0.2) is 0 Å². The minimum Gasteiger partial charge on any atom is -0.390 e. The molecular weight excluding hydrogens is 106 g/mol. The molecule has 0 aromatic carbocycles. The molecule has 3 N–H and O–H groups in total. The first-order chi connectivity index (χ1) is 4.24. The minimum atomic E-state index is -0.575. The average Bonchev–Trinajstić information content (AvgIpc) is 2.10. The van der Waals surface area contributed by atoms with Crippen LogP contribution < -0.4 is 5.73 Å². The van der Waals surface area contributed by atoms with Gasteiger partial charge in [-0.1, -0.05) is 0 Å². The largest absolute Gasteiger partial charge is 0.390 e. The molecule has 1 aliphatic heterocycles. The molecule has 0 amide bonds. The molecular formula is C5H11NO2. The van der Waals surface area contributed by atoms with Crippen molar-refractivity contribution < 1.29 is 11.2 Å². The van der Waals surface area contributed by atoms with Crippen LogP contribution in [0.4, 0.5) is 0 Å². The topological polar surface area (TPSA) is 55.5 Å². The van der Waals surface area contributed by atoms with E-state index >= 15 is 0 Å². The van der Waals surface area contributed by atoms with E-state index in [9.17, 15) is 0 Å². The highest BCUT2D eigenvalue weighted by Crippen LogP contribution is 2.10. The molecule has 8 heavy (non-hydrogen) atoms. The van der Waals surface area contributed by atoms with Gasteiger partial charge in [-0.2, -0.15) is 0 Å². The molecule has 0 radical (unpaired) electrons. The van der Waals surface area contributed by atoms with Crippen LogP contribution in [0.2, 0.25) is 0 Å². The van der Waals surface area contributed by atoms with Gasteiger partial charge in [0.05, 0.1) is 13.6 Å². The van der Waals surface area contributed by atoms with Gasteiger partial charge in [-0.25, -0.2) is 0 Å². The normalized spacial score (nSPS) is 49.2. The summed E-state index contributed by atoms with van der Waals surface area (Å²) in [7, 11) is 0. The summed E-state index contributed by atoms with van der Waals surface area (Å²) in [6.07, 6.45) is -0.452. The molecule has 1 heterocycles. The Morgan fingerprint density at radius 3 is 3.00 bits per heavy atom. The van der Waals surface area contributed by atoms with E-state index in [1.165, 1.54) is 0 Å². The average molecular weight is 119 g/mol. The van der Waals surface area contributed by atoms with Gasteiger partial charge in [0.15, 0.2) is 0 Å². The van der Waals surface area contributed by atoms with Crippen molar-refractivity contribution in [2.75, 3.05) is 13.1 Å². The van der Waals surface area contributed by atoms with Crippen molar-refractivity contribution in [3.8, 4) is 0 Å². The van der Waals surface area contributed by atoms with Crippen molar-refractivity contribution in [2.45, 2.75) is 18.6 Å². The standard InChI is InChI=1S/C5H11NO2/c6-3-5-4(7)1-2-8-5/h4-5,7H,1-3,6H2/t4-,5+/m0/s1/i2T/t2?,4-,5+. The number of aliphatic hydroxyl groups is 1. The predicted molar refractivity (Wildman–Crippen MR) is 29.4 cm³/mol. The van der Waals surface area contributed by atoms with Gasteiger partial charge < -0.3 is 15.6 Å². The maximum Gasteiger partial charge on any atom is 0.0956 e. The van der Waals surface area contributed by atoms with Gasteiger partial charge in [0.25, 0.3) is 0 Å². The first-order valence-electron chi connectivity index (χ1n) is 3.27. The van der Waals surface area contributed by atoms with Crippen LogP contribution in [-0.2, 0) is 4.74 Å². The van der Waals surface area contributed by atoms with Crippen molar-refractivity contribution in [3.05, 3.63) is 0 Å². The summed E-state index contributed by atoms with van der Waals surface area (Å²) in [5.74, 6) is 0. The summed E-state index contributed by atoms with van der Waals surface area (Å²) in [4.78, 5) is 0. The molecule has 0 saturated carbocycles. The maximum atomic E-state index is 9.03. The molecule has 0 bridgehead atoms. The Balaban J connectivity index is 2.38. The third-order valence-electron chi connectivity index (χ3n) is 1.27. The quantitative estimate of drug-likeness (QED) is 0.470. The van der Waals surface area contributed by atoms with Crippen molar-refractivity contribution in [1.82, 2.24) is 0 Å². The van der Waals surface area contributed by atoms with Crippen LogP contribution in [0, 0.1) is 0 Å². The number of aliphatic hydroxyl groups excluding tert-OH is 1. The highest BCUT2D eigenvalue weighted by Gasteiger charge is 2.23. The van der Waals surface area contributed by atoms with Gasteiger partial charge in [-0.05, 0) is 6.42 Å². The van der Waals surface area contributed by atoms with E-state index in [1.54, 1.807) is 0 Å². The Labute approximate surface area is 49.8 Å². The molecule has 0 spiro atoms. The molecule has 1 saturated heterocycles.